The summed E-state index contributed by atoms with van der Waals surface area (Å²) >= 11 is 0. The number of anilines is 2. The Balaban J connectivity index is 0.000000948. The number of fused-ring (bicyclic) bond motifs is 1. The highest BCUT2D eigenvalue weighted by molar-refractivity contribution is 5.76. The average Bonchev–Trinajstić information content (AvgIpc) is 3.42. The smallest absolute Gasteiger partial charge is 0.149 e. The Morgan fingerprint density at radius 3 is 2.81 bits per heavy atom. The van der Waals surface area contributed by atoms with E-state index in [-0.39, 0.29) is 17.2 Å². The molecule has 1 aliphatic carbocycles. The molecule has 8 heteroatoms. The van der Waals surface area contributed by atoms with Crippen LogP contribution >= 0.6 is 0 Å². The van der Waals surface area contributed by atoms with Crippen molar-refractivity contribution in [2.75, 3.05) is 11.1 Å². The van der Waals surface area contributed by atoms with E-state index in [0.717, 1.165) is 29.7 Å². The molecule has 7 nitrogen and oxygen atoms in total. The number of hydrogen-bond acceptors (Lipinski definition) is 6. The van der Waals surface area contributed by atoms with E-state index in [1.54, 1.807) is 6.07 Å². The summed E-state index contributed by atoms with van der Waals surface area (Å²) in [7, 11) is 0. The van der Waals surface area contributed by atoms with Crippen LogP contribution in [-0.2, 0) is 6.54 Å². The number of imidazole rings is 1. The van der Waals surface area contributed by atoms with Gasteiger partial charge in [-0.1, -0.05) is 13.8 Å². The molecule has 0 aliphatic heterocycles. The van der Waals surface area contributed by atoms with Gasteiger partial charge in [0.05, 0.1) is 17.6 Å². The summed E-state index contributed by atoms with van der Waals surface area (Å²) in [5.74, 6) is 0.997. The SMILES string of the molecule is CC.N#Cc1c(N)ncnc1NCc1nc2ccc(F)cc2n1C1CC1. The molecule has 0 atom stereocenters. The topological polar surface area (TPSA) is 105 Å². The lowest BCUT2D eigenvalue weighted by Gasteiger charge is -2.10. The van der Waals surface area contributed by atoms with E-state index in [9.17, 15) is 9.65 Å². The zero-order valence-electron chi connectivity index (χ0n) is 14.7. The van der Waals surface area contributed by atoms with Crippen molar-refractivity contribution < 1.29 is 4.39 Å². The largest absolute Gasteiger partial charge is 0.382 e. The fourth-order valence-electron chi connectivity index (χ4n) is 2.79. The second-order valence-corrected chi connectivity index (χ2v) is 5.71. The van der Waals surface area contributed by atoms with Crippen molar-refractivity contribution in [1.29, 1.82) is 5.26 Å². The number of aromatic nitrogens is 4. The van der Waals surface area contributed by atoms with E-state index in [0.29, 0.717) is 18.4 Å². The Labute approximate surface area is 150 Å². The standard InChI is InChI=1S/C16H14FN7.C2H6/c17-9-1-4-12-13(5-9)24(10-2-3-10)14(23-12)7-20-16-11(6-18)15(19)21-8-22-16;1-2/h1,4-5,8,10H,2-3,7H2,(H3,19,20,21,22);1-2H3. The molecule has 3 aromatic rings. The minimum atomic E-state index is -0.279. The van der Waals surface area contributed by atoms with Crippen LogP contribution in [0.25, 0.3) is 11.0 Å². The van der Waals surface area contributed by atoms with Crippen molar-refractivity contribution in [2.45, 2.75) is 39.3 Å². The second-order valence-electron chi connectivity index (χ2n) is 5.71. The molecule has 0 bridgehead atoms. The Morgan fingerprint density at radius 2 is 2.12 bits per heavy atom. The van der Waals surface area contributed by atoms with Gasteiger partial charge in [0.1, 0.15) is 41.2 Å². The Bertz CT molecular complexity index is 970. The van der Waals surface area contributed by atoms with Crippen molar-refractivity contribution in [3.05, 3.63) is 41.7 Å². The quantitative estimate of drug-likeness (QED) is 0.745. The van der Waals surface area contributed by atoms with Gasteiger partial charge < -0.3 is 15.6 Å². The molecule has 0 unspecified atom stereocenters. The van der Waals surface area contributed by atoms with Gasteiger partial charge in [-0.05, 0) is 31.0 Å². The van der Waals surface area contributed by atoms with Crippen LogP contribution in [0.4, 0.5) is 16.0 Å². The fourth-order valence-corrected chi connectivity index (χ4v) is 2.79. The summed E-state index contributed by atoms with van der Waals surface area (Å²) in [4.78, 5) is 12.5. The maximum atomic E-state index is 13.6. The maximum absolute atomic E-state index is 13.6. The zero-order valence-corrected chi connectivity index (χ0v) is 14.7. The van der Waals surface area contributed by atoms with Crippen LogP contribution in [0.3, 0.4) is 0 Å². The summed E-state index contributed by atoms with van der Waals surface area (Å²) in [5.41, 5.74) is 7.44. The molecular weight excluding hydrogens is 333 g/mol. The Kier molecular flexibility index (Phi) is 4.98. The molecule has 0 amide bonds. The minimum absolute atomic E-state index is 0.132. The third-order valence-electron chi connectivity index (χ3n) is 4.04. The predicted molar refractivity (Wildman–Crippen MR) is 97.8 cm³/mol. The molecule has 3 N–H and O–H groups in total. The Morgan fingerprint density at radius 1 is 1.35 bits per heavy atom. The molecule has 2 aromatic heterocycles. The van der Waals surface area contributed by atoms with Gasteiger partial charge in [0.2, 0.25) is 0 Å². The molecule has 1 fully saturated rings. The molecule has 26 heavy (non-hydrogen) atoms. The Hall–Kier alpha value is -3.21. The molecule has 1 saturated carbocycles. The first kappa shape index (κ1) is 17.6. The number of nitrogens with one attached hydrogen (secondary N) is 1. The lowest BCUT2D eigenvalue weighted by molar-refractivity contribution is 0.627. The second kappa shape index (κ2) is 7.35. The number of benzene rings is 1. The van der Waals surface area contributed by atoms with Crippen LogP contribution in [0.5, 0.6) is 0 Å². The van der Waals surface area contributed by atoms with Crippen molar-refractivity contribution in [2.24, 2.45) is 0 Å². The number of hydrogen-bond donors (Lipinski definition) is 2. The summed E-state index contributed by atoms with van der Waals surface area (Å²) in [5, 5.41) is 12.3. The molecule has 0 radical (unpaired) electrons. The van der Waals surface area contributed by atoms with Gasteiger partial charge in [-0.25, -0.2) is 19.3 Å². The zero-order chi connectivity index (χ0) is 18.7. The number of nitrogen functional groups attached to an aromatic ring is 1. The van der Waals surface area contributed by atoms with E-state index in [1.807, 2.05) is 19.9 Å². The van der Waals surface area contributed by atoms with Crippen LogP contribution in [0.1, 0.15) is 44.1 Å². The maximum Gasteiger partial charge on any atom is 0.149 e. The van der Waals surface area contributed by atoms with Crippen LogP contribution < -0.4 is 11.1 Å². The predicted octanol–water partition coefficient (Wildman–Crippen LogP) is 3.39. The van der Waals surface area contributed by atoms with Crippen molar-refractivity contribution in [1.82, 2.24) is 19.5 Å². The first-order valence-electron chi connectivity index (χ1n) is 8.58. The van der Waals surface area contributed by atoms with Gasteiger partial charge in [-0.2, -0.15) is 5.26 Å². The van der Waals surface area contributed by atoms with E-state index in [4.69, 9.17) is 5.73 Å². The van der Waals surface area contributed by atoms with Crippen LogP contribution in [0.15, 0.2) is 24.5 Å². The fraction of sp³-hybridized carbons (Fsp3) is 0.333. The minimum Gasteiger partial charge on any atom is -0.382 e. The molecule has 0 saturated heterocycles. The summed E-state index contributed by atoms with van der Waals surface area (Å²) in [6.07, 6.45) is 3.41. The molecular formula is C18H20FN7. The van der Waals surface area contributed by atoms with Crippen LogP contribution in [-0.4, -0.2) is 19.5 Å². The molecule has 0 spiro atoms. The van der Waals surface area contributed by atoms with E-state index < -0.39 is 0 Å². The summed E-state index contributed by atoms with van der Waals surface area (Å²) in [6.45, 7) is 4.36. The molecule has 134 valence electrons. The van der Waals surface area contributed by atoms with Gasteiger partial charge in [0.25, 0.3) is 0 Å². The first-order chi connectivity index (χ1) is 12.7. The van der Waals surface area contributed by atoms with E-state index in [2.05, 4.69) is 24.8 Å². The number of rotatable bonds is 4. The third kappa shape index (κ3) is 3.28. The summed E-state index contributed by atoms with van der Waals surface area (Å²) in [6, 6.07) is 6.93. The lowest BCUT2D eigenvalue weighted by Crippen LogP contribution is -2.11. The van der Waals surface area contributed by atoms with Crippen LogP contribution in [0, 0.1) is 17.1 Å². The van der Waals surface area contributed by atoms with E-state index >= 15 is 0 Å². The number of nitriles is 1. The normalized spacial score (nSPS) is 13.0. The number of halogens is 1. The summed E-state index contributed by atoms with van der Waals surface area (Å²) < 4.78 is 15.6. The first-order valence-corrected chi connectivity index (χ1v) is 8.58. The van der Waals surface area contributed by atoms with Gasteiger partial charge in [-0.3, -0.25) is 0 Å². The highest BCUT2D eigenvalue weighted by Gasteiger charge is 2.28. The molecule has 1 aliphatic rings. The number of nitrogens with two attached hydrogens (primary N) is 1. The lowest BCUT2D eigenvalue weighted by atomic mass is 10.3. The molecule has 4 rings (SSSR count). The van der Waals surface area contributed by atoms with Gasteiger partial charge in [-0.15, -0.1) is 0 Å². The third-order valence-corrected chi connectivity index (χ3v) is 4.04. The van der Waals surface area contributed by atoms with Crippen molar-refractivity contribution in [3.8, 4) is 6.07 Å². The van der Waals surface area contributed by atoms with Crippen molar-refractivity contribution >= 4 is 22.7 Å². The monoisotopic (exact) mass is 353 g/mol. The number of nitrogens with zero attached hydrogens (tertiary/aromatic N) is 5. The van der Waals surface area contributed by atoms with E-state index in [1.165, 1.54) is 18.5 Å². The van der Waals surface area contributed by atoms with Gasteiger partial charge >= 0.3 is 0 Å². The molecule has 1 aromatic carbocycles. The van der Waals surface area contributed by atoms with Crippen molar-refractivity contribution in [3.63, 3.8) is 0 Å². The van der Waals surface area contributed by atoms with Gasteiger partial charge in [0, 0.05) is 6.04 Å². The highest BCUT2D eigenvalue weighted by Crippen LogP contribution is 2.39. The molecule has 2 heterocycles. The highest BCUT2D eigenvalue weighted by atomic mass is 19.1. The van der Waals surface area contributed by atoms with Crippen LogP contribution in [0.2, 0.25) is 0 Å². The average molecular weight is 353 g/mol. The van der Waals surface area contributed by atoms with Gasteiger partial charge in [0.15, 0.2) is 0 Å².